The van der Waals surface area contributed by atoms with Crippen molar-refractivity contribution in [3.05, 3.63) is 141 Å². The van der Waals surface area contributed by atoms with Gasteiger partial charge in [-0.3, -0.25) is 28.8 Å². The Hall–Kier alpha value is -9.32. The largest absolute Gasteiger partial charge is 0.508 e. The maximum Gasteiger partial charge on any atom is 0.336 e. The van der Waals surface area contributed by atoms with Crippen LogP contribution < -0.4 is 21.5 Å². The monoisotopic (exact) mass is 970 g/mol. The van der Waals surface area contributed by atoms with Gasteiger partial charge in [0.2, 0.25) is 11.8 Å². The highest BCUT2D eigenvalue weighted by Crippen LogP contribution is 2.74. The molecule has 0 unspecified atom stereocenters. The number of benzene rings is 6. The molecule has 0 saturated heterocycles. The van der Waals surface area contributed by atoms with Crippen LogP contribution in [0, 0.1) is 21.7 Å². The van der Waals surface area contributed by atoms with Crippen molar-refractivity contribution in [3.8, 4) is 56.4 Å². The summed E-state index contributed by atoms with van der Waals surface area (Å²) in [5.74, 6) is -7.41. The average Bonchev–Trinajstić information content (AvgIpc) is 3.32. The second-order valence-electron chi connectivity index (χ2n) is 19.5. The fourth-order valence-electron chi connectivity index (χ4n) is 12.4. The minimum absolute atomic E-state index is 0.0444. The third-order valence-corrected chi connectivity index (χ3v) is 14.8. The first-order valence-corrected chi connectivity index (χ1v) is 22.5. The van der Waals surface area contributed by atoms with Crippen LogP contribution in [0.3, 0.4) is 0 Å². The van der Waals surface area contributed by atoms with Gasteiger partial charge in [0.25, 0.3) is 0 Å². The summed E-state index contributed by atoms with van der Waals surface area (Å²) in [6.07, 6.45) is -2.06. The number of aromatic hydroxyl groups is 2. The maximum atomic E-state index is 14.9. The number of carboxylic acids is 4. The Kier molecular flexibility index (Phi) is 9.78. The number of aliphatic carboxylic acids is 2. The van der Waals surface area contributed by atoms with Crippen LogP contribution in [0.2, 0.25) is 0 Å². The van der Waals surface area contributed by atoms with Gasteiger partial charge in [0.15, 0.2) is 10.9 Å². The van der Waals surface area contributed by atoms with Crippen LogP contribution in [-0.2, 0) is 19.2 Å². The van der Waals surface area contributed by atoms with Crippen LogP contribution in [-0.4, -0.2) is 66.3 Å². The first-order chi connectivity index (χ1) is 34.2. The topological polar surface area (TPSA) is 308 Å². The summed E-state index contributed by atoms with van der Waals surface area (Å²) in [4.78, 5) is 108. The molecule has 72 heavy (non-hydrogen) atoms. The van der Waals surface area contributed by atoms with Crippen molar-refractivity contribution in [2.75, 3.05) is 10.6 Å². The van der Waals surface area contributed by atoms with Gasteiger partial charge in [-0.25, -0.2) is 9.59 Å². The normalized spacial score (nSPS) is 22.0. The van der Waals surface area contributed by atoms with Crippen LogP contribution >= 0.6 is 0 Å². The van der Waals surface area contributed by atoms with Gasteiger partial charge in [-0.2, -0.15) is 0 Å². The van der Waals surface area contributed by atoms with Crippen LogP contribution in [0.1, 0.15) is 59.2 Å². The molecule has 0 atom stereocenters. The zero-order chi connectivity index (χ0) is 50.8. The number of carboxylic acid groups (broad SMARTS) is 4. The van der Waals surface area contributed by atoms with Gasteiger partial charge >= 0.3 is 23.9 Å². The molecule has 4 aromatic rings. The SMILES string of the molecule is O=C(O)c1cc(NC(=O)C23CC4(C(=O)O)CC(C(=O)O)(C2)CC(C(=O)Nc2ccc(-c5c6ccc(=O)cc-6oc6cc(O)ccc56)c(C(=O)O)c2)(C4)C3)ccc1-c1c2ccc(=O)cc-2oc2cc(O)ccc12. The lowest BCUT2D eigenvalue weighted by atomic mass is 9.35. The number of phenolic OH excluding ortho intramolecular Hbond substituents is 2. The molecule has 4 aromatic carbocycles. The standard InChI is InChI=1S/C54H38N2O16/c57-27-3-9-33-39(15-27)71-40-16-28(58)4-10-34(40)43(33)31-7-1-25(13-37(31)45(61)62)55-47(65)51-19-52(22-53(20-51,49(67)68)24-54(21-51,23-52)50(69)70)48(66)56-26-2-8-32(38(14-26)46(63)64)44-35-11-5-29(59)17-41(35)72-42-18-30(60)6-12-36(42)44/h1-18,57,59H,19-24H2,(H,55,65)(H,56,66)(H,61,62)(H,63,64)(H,67,68)(H,69,70). The van der Waals surface area contributed by atoms with Gasteiger partial charge in [0.05, 0.1) is 32.8 Å². The molecule has 0 aromatic heterocycles. The lowest BCUT2D eigenvalue weighted by molar-refractivity contribution is -0.217. The second kappa shape index (κ2) is 15.6. The first-order valence-electron chi connectivity index (χ1n) is 22.5. The molecule has 4 saturated carbocycles. The molecule has 8 aliphatic rings. The maximum absolute atomic E-state index is 14.9. The highest BCUT2D eigenvalue weighted by atomic mass is 16.4. The molecule has 8 N–H and O–H groups in total. The number of carbonyl (C=O) groups excluding carboxylic acids is 2. The summed E-state index contributed by atoms with van der Waals surface area (Å²) in [7, 11) is 0. The average molecular weight is 971 g/mol. The molecule has 18 nitrogen and oxygen atoms in total. The fourth-order valence-corrected chi connectivity index (χ4v) is 12.4. The number of phenols is 2. The minimum Gasteiger partial charge on any atom is -0.508 e. The van der Waals surface area contributed by atoms with Gasteiger partial charge in [-0.1, -0.05) is 12.1 Å². The summed E-state index contributed by atoms with van der Waals surface area (Å²) in [5.41, 5.74) is -6.85. The van der Waals surface area contributed by atoms with Crippen LogP contribution in [0.5, 0.6) is 11.5 Å². The van der Waals surface area contributed by atoms with E-state index in [9.17, 15) is 69.0 Å². The smallest absolute Gasteiger partial charge is 0.336 e. The van der Waals surface area contributed by atoms with Crippen molar-refractivity contribution in [2.45, 2.75) is 38.5 Å². The molecule has 2 amide bonds. The highest BCUT2D eigenvalue weighted by molar-refractivity contribution is 6.11. The zero-order valence-corrected chi connectivity index (χ0v) is 37.4. The Balaban J connectivity index is 0.965. The predicted molar refractivity (Wildman–Crippen MR) is 256 cm³/mol. The molecule has 2 heterocycles. The van der Waals surface area contributed by atoms with Crippen molar-refractivity contribution in [2.24, 2.45) is 21.7 Å². The van der Waals surface area contributed by atoms with E-state index in [2.05, 4.69) is 10.6 Å². The number of nitrogens with one attached hydrogen (secondary N) is 2. The second-order valence-corrected chi connectivity index (χ2v) is 19.5. The zero-order valence-electron chi connectivity index (χ0n) is 37.4. The molecule has 360 valence electrons. The van der Waals surface area contributed by atoms with E-state index in [0.29, 0.717) is 33.0 Å². The Morgan fingerprint density at radius 3 is 1.17 bits per heavy atom. The van der Waals surface area contributed by atoms with Gasteiger partial charge in [-0.15, -0.1) is 0 Å². The van der Waals surface area contributed by atoms with E-state index in [0.717, 1.165) is 0 Å². The Labute approximate surface area is 404 Å². The number of carbonyl (C=O) groups is 6. The number of hydrogen-bond donors (Lipinski definition) is 8. The van der Waals surface area contributed by atoms with Gasteiger partial charge in [0, 0.05) is 68.7 Å². The van der Waals surface area contributed by atoms with Crippen molar-refractivity contribution in [3.63, 3.8) is 0 Å². The van der Waals surface area contributed by atoms with Crippen LogP contribution in [0.4, 0.5) is 11.4 Å². The quantitative estimate of drug-likeness (QED) is 0.0597. The van der Waals surface area contributed by atoms with Crippen LogP contribution in [0.25, 0.3) is 66.8 Å². The van der Waals surface area contributed by atoms with E-state index in [1.54, 1.807) is 0 Å². The predicted octanol–water partition coefficient (Wildman–Crippen LogP) is 8.32. The molecule has 12 rings (SSSR count). The first kappa shape index (κ1) is 45.1. The van der Waals surface area contributed by atoms with Crippen LogP contribution in [0.15, 0.2) is 128 Å². The lowest BCUT2D eigenvalue weighted by Gasteiger charge is -2.66. The number of rotatable bonds is 10. The highest BCUT2D eigenvalue weighted by Gasteiger charge is 2.76. The number of amides is 2. The summed E-state index contributed by atoms with van der Waals surface area (Å²) in [5, 5.41) is 69.8. The Bertz CT molecular complexity index is 3570. The summed E-state index contributed by atoms with van der Waals surface area (Å²) < 4.78 is 11.8. The van der Waals surface area contributed by atoms with Gasteiger partial charge in [-0.05, 0) is 122 Å². The van der Waals surface area contributed by atoms with Crippen molar-refractivity contribution in [1.82, 2.24) is 0 Å². The van der Waals surface area contributed by atoms with E-state index >= 15 is 0 Å². The number of anilines is 2. The summed E-state index contributed by atoms with van der Waals surface area (Å²) in [6.45, 7) is 0. The van der Waals surface area contributed by atoms with Crippen molar-refractivity contribution < 1.29 is 68.2 Å². The number of fused-ring (bicyclic) bond motifs is 4. The summed E-state index contributed by atoms with van der Waals surface area (Å²) >= 11 is 0. The minimum atomic E-state index is -1.88. The lowest BCUT2D eigenvalue weighted by Crippen LogP contribution is -2.69. The molecule has 4 bridgehead atoms. The molecular formula is C54H38N2O16. The van der Waals surface area contributed by atoms with E-state index in [4.69, 9.17) is 8.83 Å². The molecule has 0 spiro atoms. The Morgan fingerprint density at radius 1 is 0.431 bits per heavy atom. The number of aromatic carboxylic acids is 2. The molecule has 0 radical (unpaired) electrons. The summed E-state index contributed by atoms with van der Waals surface area (Å²) in [6, 6.07) is 24.5. The third-order valence-electron chi connectivity index (χ3n) is 14.8. The molecule has 4 fully saturated rings. The molecule has 2 aliphatic heterocycles. The van der Waals surface area contributed by atoms with E-state index in [-0.39, 0.29) is 117 Å². The van der Waals surface area contributed by atoms with Crippen molar-refractivity contribution in [1.29, 1.82) is 0 Å². The van der Waals surface area contributed by atoms with E-state index < -0.39 is 57.4 Å². The fraction of sp³-hybridized carbons (Fsp3) is 0.185. The molecule has 18 heteroatoms. The molecular weight excluding hydrogens is 933 g/mol. The third kappa shape index (κ3) is 6.92. The molecule has 6 aliphatic carbocycles. The van der Waals surface area contributed by atoms with E-state index in [1.807, 2.05) is 0 Å². The van der Waals surface area contributed by atoms with Gasteiger partial charge in [0.1, 0.15) is 34.2 Å². The van der Waals surface area contributed by atoms with Gasteiger partial charge < -0.3 is 50.1 Å². The number of hydrogen-bond acceptors (Lipinski definition) is 12. The Morgan fingerprint density at radius 2 is 0.792 bits per heavy atom. The van der Waals surface area contributed by atoms with Crippen molar-refractivity contribution >= 4 is 69.0 Å². The van der Waals surface area contributed by atoms with E-state index in [1.165, 1.54) is 109 Å².